The highest BCUT2D eigenvalue weighted by molar-refractivity contribution is 5.92. The molecule has 144 valence electrons. The first-order chi connectivity index (χ1) is 13.0. The third-order valence-corrected chi connectivity index (χ3v) is 4.25. The van der Waals surface area contributed by atoms with Crippen LogP contribution in [0.2, 0.25) is 0 Å². The van der Waals surface area contributed by atoms with Crippen molar-refractivity contribution in [3.63, 3.8) is 0 Å². The fourth-order valence-electron chi connectivity index (χ4n) is 2.65. The summed E-state index contributed by atoms with van der Waals surface area (Å²) in [6.07, 6.45) is 0.845. The molecule has 5 heteroatoms. The van der Waals surface area contributed by atoms with Crippen LogP contribution in [0.5, 0.6) is 0 Å². The normalized spacial score (nSPS) is 12.9. The van der Waals surface area contributed by atoms with Gasteiger partial charge in [0.1, 0.15) is 0 Å². The minimum atomic E-state index is -0.852. The van der Waals surface area contributed by atoms with Gasteiger partial charge in [-0.25, -0.2) is 4.79 Å². The molecule has 0 saturated heterocycles. The Morgan fingerprint density at radius 3 is 2.26 bits per heavy atom. The summed E-state index contributed by atoms with van der Waals surface area (Å²) >= 11 is 0. The molecule has 2 aromatic rings. The second kappa shape index (κ2) is 10.5. The topological polar surface area (TPSA) is 64.6 Å². The van der Waals surface area contributed by atoms with Gasteiger partial charge in [-0.1, -0.05) is 42.5 Å². The van der Waals surface area contributed by atoms with Gasteiger partial charge in [0, 0.05) is 13.2 Å². The van der Waals surface area contributed by atoms with Crippen LogP contribution in [0.4, 0.5) is 0 Å². The third kappa shape index (κ3) is 6.87. The predicted molar refractivity (Wildman–Crippen MR) is 104 cm³/mol. The van der Waals surface area contributed by atoms with E-state index in [-0.39, 0.29) is 11.9 Å². The number of carbonyl (C=O) groups excluding carboxylic acids is 2. The van der Waals surface area contributed by atoms with Crippen LogP contribution in [0.15, 0.2) is 54.6 Å². The number of hydrogen-bond acceptors (Lipinski definition) is 4. The van der Waals surface area contributed by atoms with Crippen molar-refractivity contribution in [3.05, 3.63) is 71.3 Å². The molecule has 0 aromatic heterocycles. The Kier molecular flexibility index (Phi) is 8.01. The molecule has 1 N–H and O–H groups in total. The molecular formula is C22H27NO4. The van der Waals surface area contributed by atoms with Crippen LogP contribution in [-0.4, -0.2) is 31.1 Å². The molecule has 0 radical (unpaired) electrons. The van der Waals surface area contributed by atoms with E-state index in [2.05, 4.69) is 17.4 Å². The number of aryl methyl sites for hydroxylation is 1. The second-order valence-electron chi connectivity index (χ2n) is 6.61. The maximum atomic E-state index is 12.3. The molecule has 5 nitrogen and oxygen atoms in total. The van der Waals surface area contributed by atoms with Crippen LogP contribution in [0.1, 0.15) is 41.8 Å². The van der Waals surface area contributed by atoms with Crippen LogP contribution in [-0.2, 0) is 27.3 Å². The van der Waals surface area contributed by atoms with Crippen LogP contribution in [0, 0.1) is 0 Å². The van der Waals surface area contributed by atoms with Gasteiger partial charge in [-0.15, -0.1) is 0 Å². The Hall–Kier alpha value is -2.66. The van der Waals surface area contributed by atoms with Gasteiger partial charge in [-0.05, 0) is 49.9 Å². The highest BCUT2D eigenvalue weighted by Gasteiger charge is 2.20. The number of rotatable bonds is 9. The summed E-state index contributed by atoms with van der Waals surface area (Å²) in [6, 6.07) is 17.1. The maximum absolute atomic E-state index is 12.3. The largest absolute Gasteiger partial charge is 0.449 e. The number of amides is 1. The number of hydrogen-bond donors (Lipinski definition) is 1. The lowest BCUT2D eigenvalue weighted by Gasteiger charge is -2.18. The van der Waals surface area contributed by atoms with Crippen molar-refractivity contribution in [1.29, 1.82) is 0 Å². The molecule has 2 rings (SSSR count). The first kappa shape index (κ1) is 20.6. The summed E-state index contributed by atoms with van der Waals surface area (Å²) in [6.45, 7) is 4.01. The number of ether oxygens (including phenoxy) is 2. The van der Waals surface area contributed by atoms with Gasteiger partial charge >= 0.3 is 5.97 Å². The molecule has 0 unspecified atom stereocenters. The highest BCUT2D eigenvalue weighted by Crippen LogP contribution is 2.09. The lowest BCUT2D eigenvalue weighted by atomic mass is 10.1. The molecule has 0 bridgehead atoms. The number of esters is 1. The Bertz CT molecular complexity index is 728. The first-order valence-electron chi connectivity index (χ1n) is 9.12. The van der Waals surface area contributed by atoms with E-state index in [1.54, 1.807) is 38.3 Å². The molecule has 0 aliphatic rings. The van der Waals surface area contributed by atoms with E-state index >= 15 is 0 Å². The molecule has 0 aliphatic heterocycles. The Morgan fingerprint density at radius 1 is 0.963 bits per heavy atom. The minimum absolute atomic E-state index is 0.00724. The Morgan fingerprint density at radius 2 is 1.63 bits per heavy atom. The number of methoxy groups -OCH3 is 1. The molecule has 2 atom stereocenters. The second-order valence-corrected chi connectivity index (χ2v) is 6.61. The highest BCUT2D eigenvalue weighted by atomic mass is 16.5. The lowest BCUT2D eigenvalue weighted by molar-refractivity contribution is -0.129. The monoisotopic (exact) mass is 369 g/mol. The van der Waals surface area contributed by atoms with Gasteiger partial charge in [0.25, 0.3) is 5.91 Å². The smallest absolute Gasteiger partial charge is 0.338 e. The van der Waals surface area contributed by atoms with Gasteiger partial charge in [-0.2, -0.15) is 0 Å². The molecule has 0 spiro atoms. The van der Waals surface area contributed by atoms with E-state index < -0.39 is 12.1 Å². The molecule has 1 amide bonds. The molecule has 0 saturated carbocycles. The summed E-state index contributed by atoms with van der Waals surface area (Å²) in [4.78, 5) is 24.5. The van der Waals surface area contributed by atoms with Crippen molar-refractivity contribution in [3.8, 4) is 0 Å². The van der Waals surface area contributed by atoms with Crippen molar-refractivity contribution >= 4 is 11.9 Å². The van der Waals surface area contributed by atoms with Crippen molar-refractivity contribution in [2.24, 2.45) is 0 Å². The molecule has 2 aromatic carbocycles. The molecule has 0 fully saturated rings. The number of benzene rings is 2. The summed E-state index contributed by atoms with van der Waals surface area (Å²) in [7, 11) is 1.61. The van der Waals surface area contributed by atoms with E-state index in [0.717, 1.165) is 18.4 Å². The van der Waals surface area contributed by atoms with Gasteiger partial charge < -0.3 is 14.8 Å². The van der Waals surface area contributed by atoms with Crippen molar-refractivity contribution < 1.29 is 19.1 Å². The summed E-state index contributed by atoms with van der Waals surface area (Å²) in [5.74, 6) is -0.807. The van der Waals surface area contributed by atoms with Crippen LogP contribution in [0.25, 0.3) is 0 Å². The predicted octanol–water partition coefficient (Wildman–Crippen LogP) is 3.52. The SMILES string of the molecule is COCc1ccc(C(=O)O[C@H](C)C(=O)N[C@H](C)CCc2ccccc2)cc1. The molecule has 0 heterocycles. The van der Waals surface area contributed by atoms with Gasteiger partial charge in [0.15, 0.2) is 6.10 Å². The van der Waals surface area contributed by atoms with E-state index in [0.29, 0.717) is 12.2 Å². The number of nitrogens with one attached hydrogen (secondary N) is 1. The van der Waals surface area contributed by atoms with Crippen LogP contribution >= 0.6 is 0 Å². The Labute approximate surface area is 160 Å². The molecule has 0 aliphatic carbocycles. The quantitative estimate of drug-likeness (QED) is 0.687. The van der Waals surface area contributed by atoms with E-state index in [1.807, 2.05) is 25.1 Å². The zero-order valence-electron chi connectivity index (χ0n) is 16.1. The number of carbonyl (C=O) groups is 2. The third-order valence-electron chi connectivity index (χ3n) is 4.25. The van der Waals surface area contributed by atoms with Crippen LogP contribution in [0.3, 0.4) is 0 Å². The molecule has 27 heavy (non-hydrogen) atoms. The fraction of sp³-hybridized carbons (Fsp3) is 0.364. The van der Waals surface area contributed by atoms with Crippen molar-refractivity contribution in [1.82, 2.24) is 5.32 Å². The average Bonchev–Trinajstić information content (AvgIpc) is 2.68. The Balaban J connectivity index is 1.79. The fourth-order valence-corrected chi connectivity index (χ4v) is 2.65. The zero-order valence-corrected chi connectivity index (χ0v) is 16.1. The van der Waals surface area contributed by atoms with E-state index in [4.69, 9.17) is 9.47 Å². The van der Waals surface area contributed by atoms with Gasteiger partial charge in [0.05, 0.1) is 12.2 Å². The average molecular weight is 369 g/mol. The van der Waals surface area contributed by atoms with Crippen molar-refractivity contribution in [2.45, 2.75) is 45.4 Å². The lowest BCUT2D eigenvalue weighted by Crippen LogP contribution is -2.41. The summed E-state index contributed by atoms with van der Waals surface area (Å²) < 4.78 is 10.3. The van der Waals surface area contributed by atoms with E-state index in [1.165, 1.54) is 5.56 Å². The van der Waals surface area contributed by atoms with Crippen molar-refractivity contribution in [2.75, 3.05) is 7.11 Å². The first-order valence-corrected chi connectivity index (χ1v) is 9.12. The standard InChI is InChI=1S/C22H27NO4/c1-16(9-10-18-7-5-4-6-8-18)23-21(24)17(2)27-22(25)20-13-11-19(12-14-20)15-26-3/h4-8,11-14,16-17H,9-10,15H2,1-3H3,(H,23,24)/t16-,17-/m1/s1. The molecular weight excluding hydrogens is 342 g/mol. The minimum Gasteiger partial charge on any atom is -0.449 e. The summed E-state index contributed by atoms with van der Waals surface area (Å²) in [5.41, 5.74) is 2.61. The summed E-state index contributed by atoms with van der Waals surface area (Å²) in [5, 5.41) is 2.90. The van der Waals surface area contributed by atoms with E-state index in [9.17, 15) is 9.59 Å². The maximum Gasteiger partial charge on any atom is 0.338 e. The van der Waals surface area contributed by atoms with Gasteiger partial charge in [-0.3, -0.25) is 4.79 Å². The zero-order chi connectivity index (χ0) is 19.6. The van der Waals surface area contributed by atoms with Crippen LogP contribution < -0.4 is 5.32 Å². The van der Waals surface area contributed by atoms with Gasteiger partial charge in [0.2, 0.25) is 0 Å².